The Bertz CT molecular complexity index is 551. The third-order valence-electron chi connectivity index (χ3n) is 3.86. The predicted molar refractivity (Wildman–Crippen MR) is 88.8 cm³/mol. The average molecular weight is 320 g/mol. The number of hydrogen-bond acceptors (Lipinski definition) is 4. The Kier molecular flexibility index (Phi) is 5.06. The Labute approximate surface area is 133 Å². The molecule has 1 aliphatic heterocycles. The highest BCUT2D eigenvalue weighted by Crippen LogP contribution is 2.13. The maximum Gasteiger partial charge on any atom is 0.227 e. The van der Waals surface area contributed by atoms with Gasteiger partial charge in [-0.05, 0) is 51.2 Å². The van der Waals surface area contributed by atoms with E-state index in [1.54, 1.807) is 22.7 Å². The van der Waals surface area contributed by atoms with Crippen LogP contribution in [0.5, 0.6) is 0 Å². The summed E-state index contributed by atoms with van der Waals surface area (Å²) in [6.07, 6.45) is 1.62. The van der Waals surface area contributed by atoms with Crippen LogP contribution in [0.4, 0.5) is 0 Å². The van der Waals surface area contributed by atoms with Crippen LogP contribution in [0.2, 0.25) is 0 Å². The molecule has 2 aromatic rings. The van der Waals surface area contributed by atoms with Gasteiger partial charge in [0, 0.05) is 32.7 Å². The van der Waals surface area contributed by atoms with Crippen molar-refractivity contribution in [3.05, 3.63) is 44.8 Å². The summed E-state index contributed by atoms with van der Waals surface area (Å²) in [5.41, 5.74) is 2.53. The van der Waals surface area contributed by atoms with Gasteiger partial charge in [-0.3, -0.25) is 9.69 Å². The summed E-state index contributed by atoms with van der Waals surface area (Å²) >= 11 is 3.41. The second kappa shape index (κ2) is 7.20. The first-order valence-corrected chi connectivity index (χ1v) is 9.22. The largest absolute Gasteiger partial charge is 0.341 e. The molecule has 3 heterocycles. The van der Waals surface area contributed by atoms with Gasteiger partial charge < -0.3 is 4.90 Å². The summed E-state index contributed by atoms with van der Waals surface area (Å²) in [7, 11) is 0. The van der Waals surface area contributed by atoms with Gasteiger partial charge in [0.15, 0.2) is 0 Å². The van der Waals surface area contributed by atoms with Crippen molar-refractivity contribution in [1.82, 2.24) is 9.80 Å². The normalized spacial score (nSPS) is 16.9. The smallest absolute Gasteiger partial charge is 0.227 e. The minimum Gasteiger partial charge on any atom is -0.341 e. The van der Waals surface area contributed by atoms with Gasteiger partial charge in [-0.2, -0.15) is 22.7 Å². The number of hydrogen-bond donors (Lipinski definition) is 0. The maximum absolute atomic E-state index is 12.4. The van der Waals surface area contributed by atoms with E-state index in [-0.39, 0.29) is 5.91 Å². The summed E-state index contributed by atoms with van der Waals surface area (Å²) in [6, 6.07) is 4.23. The molecular formula is C16H20N2OS2. The van der Waals surface area contributed by atoms with Crippen LogP contribution < -0.4 is 0 Å². The zero-order valence-corrected chi connectivity index (χ0v) is 13.7. The molecule has 0 N–H and O–H groups in total. The summed E-state index contributed by atoms with van der Waals surface area (Å²) in [4.78, 5) is 16.8. The second-order valence-corrected chi connectivity index (χ2v) is 7.01. The summed E-state index contributed by atoms with van der Waals surface area (Å²) in [5.74, 6) is 0.269. The van der Waals surface area contributed by atoms with Crippen LogP contribution in [0.15, 0.2) is 33.7 Å². The van der Waals surface area contributed by atoms with E-state index >= 15 is 0 Å². The maximum atomic E-state index is 12.4. The highest BCUT2D eigenvalue weighted by Gasteiger charge is 2.19. The van der Waals surface area contributed by atoms with Crippen molar-refractivity contribution >= 4 is 28.6 Å². The Balaban J connectivity index is 1.51. The Hall–Kier alpha value is -1.17. The molecule has 1 amide bonds. The van der Waals surface area contributed by atoms with Crippen molar-refractivity contribution in [2.45, 2.75) is 19.4 Å². The third kappa shape index (κ3) is 4.15. The van der Waals surface area contributed by atoms with E-state index < -0.39 is 0 Å². The topological polar surface area (TPSA) is 23.6 Å². The number of nitrogens with zero attached hydrogens (tertiary/aromatic N) is 2. The summed E-state index contributed by atoms with van der Waals surface area (Å²) < 4.78 is 0. The molecular weight excluding hydrogens is 300 g/mol. The number of thiophene rings is 2. The first-order chi connectivity index (χ1) is 10.3. The molecule has 0 atom stereocenters. The number of amides is 1. The molecule has 21 heavy (non-hydrogen) atoms. The first-order valence-electron chi connectivity index (χ1n) is 7.33. The van der Waals surface area contributed by atoms with E-state index in [0.29, 0.717) is 6.42 Å². The molecule has 0 aromatic carbocycles. The van der Waals surface area contributed by atoms with Crippen LogP contribution in [0.1, 0.15) is 17.5 Å². The molecule has 0 unspecified atom stereocenters. The van der Waals surface area contributed by atoms with E-state index in [4.69, 9.17) is 0 Å². The molecule has 0 spiro atoms. The minimum atomic E-state index is 0.269. The standard InChI is InChI=1S/C16H20N2OS2/c19-16(10-14-2-8-20-12-14)18-5-1-4-17(6-7-18)11-15-3-9-21-13-15/h2-3,8-9,12-13H,1,4-7,10-11H2. The molecule has 5 heteroatoms. The lowest BCUT2D eigenvalue weighted by Crippen LogP contribution is -2.35. The van der Waals surface area contributed by atoms with Crippen LogP contribution in [0, 0.1) is 0 Å². The van der Waals surface area contributed by atoms with Crippen molar-refractivity contribution < 1.29 is 4.79 Å². The lowest BCUT2D eigenvalue weighted by Gasteiger charge is -2.21. The molecule has 1 fully saturated rings. The monoisotopic (exact) mass is 320 g/mol. The highest BCUT2D eigenvalue weighted by molar-refractivity contribution is 7.08. The molecule has 1 aliphatic rings. The molecule has 3 rings (SSSR count). The molecule has 0 radical (unpaired) electrons. The van der Waals surface area contributed by atoms with E-state index in [9.17, 15) is 4.79 Å². The SMILES string of the molecule is O=C(Cc1ccsc1)N1CCCN(Cc2ccsc2)CC1. The fraction of sp³-hybridized carbons (Fsp3) is 0.438. The molecule has 0 saturated carbocycles. The third-order valence-corrected chi connectivity index (χ3v) is 5.33. The van der Waals surface area contributed by atoms with E-state index in [0.717, 1.165) is 44.7 Å². The van der Waals surface area contributed by atoms with Crippen molar-refractivity contribution in [2.75, 3.05) is 26.2 Å². The predicted octanol–water partition coefficient (Wildman–Crippen LogP) is 3.09. The van der Waals surface area contributed by atoms with Gasteiger partial charge in [0.2, 0.25) is 5.91 Å². The van der Waals surface area contributed by atoms with Crippen molar-refractivity contribution in [1.29, 1.82) is 0 Å². The molecule has 0 aliphatic carbocycles. The Morgan fingerprint density at radius 1 is 1.00 bits per heavy atom. The quantitative estimate of drug-likeness (QED) is 0.864. The first kappa shape index (κ1) is 14.8. The zero-order valence-electron chi connectivity index (χ0n) is 12.0. The van der Waals surface area contributed by atoms with Crippen molar-refractivity contribution in [2.24, 2.45) is 0 Å². The van der Waals surface area contributed by atoms with Gasteiger partial charge in [0.25, 0.3) is 0 Å². The van der Waals surface area contributed by atoms with Crippen LogP contribution in [-0.4, -0.2) is 41.9 Å². The molecule has 1 saturated heterocycles. The van der Waals surface area contributed by atoms with Crippen LogP contribution in [0.3, 0.4) is 0 Å². The minimum absolute atomic E-state index is 0.269. The molecule has 112 valence electrons. The van der Waals surface area contributed by atoms with Gasteiger partial charge >= 0.3 is 0 Å². The Morgan fingerprint density at radius 2 is 1.76 bits per heavy atom. The van der Waals surface area contributed by atoms with Crippen LogP contribution in [-0.2, 0) is 17.8 Å². The molecule has 2 aromatic heterocycles. The fourth-order valence-electron chi connectivity index (χ4n) is 2.70. The summed E-state index contributed by atoms with van der Waals surface area (Å²) in [6.45, 7) is 4.82. The van der Waals surface area contributed by atoms with Crippen LogP contribution >= 0.6 is 22.7 Å². The number of carbonyl (C=O) groups is 1. The Morgan fingerprint density at radius 3 is 2.48 bits per heavy atom. The van der Waals surface area contributed by atoms with E-state index in [2.05, 4.69) is 27.1 Å². The zero-order chi connectivity index (χ0) is 14.5. The van der Waals surface area contributed by atoms with E-state index in [1.807, 2.05) is 16.3 Å². The van der Waals surface area contributed by atoms with Crippen LogP contribution in [0.25, 0.3) is 0 Å². The summed E-state index contributed by atoms with van der Waals surface area (Å²) in [5, 5.41) is 8.44. The van der Waals surface area contributed by atoms with Crippen molar-refractivity contribution in [3.8, 4) is 0 Å². The van der Waals surface area contributed by atoms with E-state index in [1.165, 1.54) is 5.56 Å². The van der Waals surface area contributed by atoms with Gasteiger partial charge in [0.05, 0.1) is 6.42 Å². The lowest BCUT2D eigenvalue weighted by molar-refractivity contribution is -0.130. The molecule has 3 nitrogen and oxygen atoms in total. The highest BCUT2D eigenvalue weighted by atomic mass is 32.1. The number of carbonyl (C=O) groups excluding carboxylic acids is 1. The second-order valence-electron chi connectivity index (χ2n) is 5.45. The number of rotatable bonds is 4. The average Bonchev–Trinajstić information content (AvgIpc) is 3.11. The molecule has 0 bridgehead atoms. The van der Waals surface area contributed by atoms with Gasteiger partial charge in [-0.1, -0.05) is 0 Å². The fourth-order valence-corrected chi connectivity index (χ4v) is 4.03. The van der Waals surface area contributed by atoms with Gasteiger partial charge in [0.1, 0.15) is 0 Å². The lowest BCUT2D eigenvalue weighted by atomic mass is 10.2. The van der Waals surface area contributed by atoms with Crippen molar-refractivity contribution in [3.63, 3.8) is 0 Å². The van der Waals surface area contributed by atoms with Gasteiger partial charge in [-0.25, -0.2) is 0 Å². The van der Waals surface area contributed by atoms with Gasteiger partial charge in [-0.15, -0.1) is 0 Å².